The van der Waals surface area contributed by atoms with Crippen molar-refractivity contribution in [3.63, 3.8) is 0 Å². The second-order valence-corrected chi connectivity index (χ2v) is 6.67. The summed E-state index contributed by atoms with van der Waals surface area (Å²) in [5, 5.41) is 4.31. The number of thiazole rings is 1. The lowest BCUT2D eigenvalue weighted by atomic mass is 10.1. The molecule has 1 aromatic heterocycles. The van der Waals surface area contributed by atoms with E-state index < -0.39 is 0 Å². The van der Waals surface area contributed by atoms with Crippen molar-refractivity contribution in [2.24, 2.45) is 0 Å². The molecule has 0 saturated carbocycles. The van der Waals surface area contributed by atoms with E-state index in [4.69, 9.17) is 10.5 Å². The van der Waals surface area contributed by atoms with Gasteiger partial charge in [-0.3, -0.25) is 0 Å². The van der Waals surface area contributed by atoms with Gasteiger partial charge in [0, 0.05) is 11.3 Å². The minimum absolute atomic E-state index is 0.688. The summed E-state index contributed by atoms with van der Waals surface area (Å²) < 4.78 is 6.35. The van der Waals surface area contributed by atoms with Crippen LogP contribution in [0.1, 0.15) is 0 Å². The van der Waals surface area contributed by atoms with Gasteiger partial charge in [-0.1, -0.05) is 12.1 Å². The molecular formula is C20H17N3OS. The van der Waals surface area contributed by atoms with Crippen LogP contribution in [0.25, 0.3) is 20.8 Å². The number of nitrogen functional groups attached to an aromatic ring is 1. The molecule has 0 saturated heterocycles. The number of hydrogen-bond donors (Lipinski definition) is 2. The van der Waals surface area contributed by atoms with Crippen LogP contribution in [0, 0.1) is 0 Å². The van der Waals surface area contributed by atoms with Crippen LogP contribution < -0.4 is 15.8 Å². The molecule has 3 N–H and O–H groups in total. The molecule has 1 heterocycles. The molecule has 0 radical (unpaired) electrons. The Bertz CT molecular complexity index is 992. The van der Waals surface area contributed by atoms with Gasteiger partial charge in [-0.15, -0.1) is 11.3 Å². The van der Waals surface area contributed by atoms with Gasteiger partial charge >= 0.3 is 0 Å². The second kappa shape index (κ2) is 6.45. The summed E-state index contributed by atoms with van der Waals surface area (Å²) in [5.41, 5.74) is 10.8. The Kier molecular flexibility index (Phi) is 3.99. The monoisotopic (exact) mass is 347 g/mol. The second-order valence-electron chi connectivity index (χ2n) is 5.64. The number of aromatic nitrogens is 1. The molecule has 5 heteroatoms. The van der Waals surface area contributed by atoms with Gasteiger partial charge in [0.25, 0.3) is 0 Å². The van der Waals surface area contributed by atoms with Crippen LogP contribution in [-0.2, 0) is 0 Å². The Labute approximate surface area is 149 Å². The average molecular weight is 347 g/mol. The summed E-state index contributed by atoms with van der Waals surface area (Å²) >= 11 is 1.67. The zero-order valence-electron chi connectivity index (χ0n) is 13.7. The summed E-state index contributed by atoms with van der Waals surface area (Å²) in [4.78, 5) is 4.69. The average Bonchev–Trinajstić information content (AvgIpc) is 3.08. The molecule has 4 aromatic rings. The van der Waals surface area contributed by atoms with Crippen molar-refractivity contribution in [2.45, 2.75) is 0 Å². The highest BCUT2D eigenvalue weighted by molar-refractivity contribution is 7.21. The smallest absolute Gasteiger partial charge is 0.124 e. The number of rotatable bonds is 4. The van der Waals surface area contributed by atoms with Crippen molar-refractivity contribution >= 4 is 38.6 Å². The van der Waals surface area contributed by atoms with Crippen LogP contribution in [0.2, 0.25) is 0 Å². The lowest BCUT2D eigenvalue weighted by Crippen LogP contribution is -1.96. The van der Waals surface area contributed by atoms with E-state index in [0.29, 0.717) is 5.69 Å². The van der Waals surface area contributed by atoms with Crippen LogP contribution >= 0.6 is 11.3 Å². The lowest BCUT2D eigenvalue weighted by molar-refractivity contribution is 0.415. The van der Waals surface area contributed by atoms with Gasteiger partial charge in [-0.25, -0.2) is 4.98 Å². The number of fused-ring (bicyclic) bond motifs is 1. The molecule has 4 nitrogen and oxygen atoms in total. The van der Waals surface area contributed by atoms with Gasteiger partial charge in [0.2, 0.25) is 0 Å². The van der Waals surface area contributed by atoms with E-state index in [-0.39, 0.29) is 0 Å². The summed E-state index contributed by atoms with van der Waals surface area (Å²) in [5.74, 6) is 0.824. The SMILES string of the molecule is COc1ccc(Nc2ccc(-c3nc4ccccc4s3)cc2N)cc1. The van der Waals surface area contributed by atoms with Gasteiger partial charge in [0.05, 0.1) is 28.7 Å². The molecule has 0 bridgehead atoms. The molecule has 0 atom stereocenters. The van der Waals surface area contributed by atoms with Crippen LogP contribution in [0.4, 0.5) is 17.1 Å². The molecule has 124 valence electrons. The lowest BCUT2D eigenvalue weighted by Gasteiger charge is -2.11. The Morgan fingerprint density at radius 1 is 1.00 bits per heavy atom. The topological polar surface area (TPSA) is 60.2 Å². The zero-order valence-corrected chi connectivity index (χ0v) is 14.5. The van der Waals surface area contributed by atoms with Gasteiger partial charge in [-0.05, 0) is 54.6 Å². The Morgan fingerprint density at radius 2 is 1.80 bits per heavy atom. The van der Waals surface area contributed by atoms with E-state index in [1.54, 1.807) is 18.4 Å². The normalized spacial score (nSPS) is 10.8. The van der Waals surface area contributed by atoms with Crippen LogP contribution in [0.3, 0.4) is 0 Å². The van der Waals surface area contributed by atoms with E-state index in [1.807, 2.05) is 60.7 Å². The van der Waals surface area contributed by atoms with Crippen molar-refractivity contribution in [3.05, 3.63) is 66.7 Å². The predicted octanol–water partition coefficient (Wildman–Crippen LogP) is 5.30. The van der Waals surface area contributed by atoms with E-state index in [9.17, 15) is 0 Å². The van der Waals surface area contributed by atoms with Crippen molar-refractivity contribution in [3.8, 4) is 16.3 Å². The maximum Gasteiger partial charge on any atom is 0.124 e. The van der Waals surface area contributed by atoms with E-state index in [0.717, 1.165) is 33.2 Å². The number of para-hydroxylation sites is 1. The molecule has 0 aliphatic carbocycles. The fourth-order valence-electron chi connectivity index (χ4n) is 2.64. The molecular weight excluding hydrogens is 330 g/mol. The first-order valence-electron chi connectivity index (χ1n) is 7.89. The number of benzene rings is 3. The minimum Gasteiger partial charge on any atom is -0.497 e. The number of ether oxygens (including phenoxy) is 1. The standard InChI is InChI=1S/C20H17N3OS/c1-24-15-9-7-14(8-10-15)22-17-11-6-13(12-16(17)21)20-23-18-4-2-3-5-19(18)25-20/h2-12,22H,21H2,1H3. The van der Waals surface area contributed by atoms with Crippen molar-refractivity contribution in [2.75, 3.05) is 18.2 Å². The highest BCUT2D eigenvalue weighted by atomic mass is 32.1. The third kappa shape index (κ3) is 3.14. The number of methoxy groups -OCH3 is 1. The van der Waals surface area contributed by atoms with Crippen LogP contribution in [-0.4, -0.2) is 12.1 Å². The number of hydrogen-bond acceptors (Lipinski definition) is 5. The molecule has 0 fully saturated rings. The Balaban J connectivity index is 1.61. The Hall–Kier alpha value is -3.05. The predicted molar refractivity (Wildman–Crippen MR) is 106 cm³/mol. The zero-order chi connectivity index (χ0) is 17.2. The molecule has 0 aliphatic heterocycles. The first kappa shape index (κ1) is 15.5. The summed E-state index contributed by atoms with van der Waals surface area (Å²) in [7, 11) is 1.65. The number of nitrogens with zero attached hydrogens (tertiary/aromatic N) is 1. The van der Waals surface area contributed by atoms with Crippen molar-refractivity contribution in [1.82, 2.24) is 4.98 Å². The number of nitrogens with one attached hydrogen (secondary N) is 1. The highest BCUT2D eigenvalue weighted by Gasteiger charge is 2.08. The van der Waals surface area contributed by atoms with Crippen LogP contribution in [0.5, 0.6) is 5.75 Å². The maximum atomic E-state index is 6.25. The molecule has 0 amide bonds. The van der Waals surface area contributed by atoms with Crippen LogP contribution in [0.15, 0.2) is 66.7 Å². The number of nitrogens with two attached hydrogens (primary N) is 1. The first-order chi connectivity index (χ1) is 12.2. The fraction of sp³-hybridized carbons (Fsp3) is 0.0500. The Morgan fingerprint density at radius 3 is 2.52 bits per heavy atom. The largest absolute Gasteiger partial charge is 0.497 e. The summed E-state index contributed by atoms with van der Waals surface area (Å²) in [6.07, 6.45) is 0. The highest BCUT2D eigenvalue weighted by Crippen LogP contribution is 2.33. The van der Waals surface area contributed by atoms with Gasteiger partial charge in [-0.2, -0.15) is 0 Å². The van der Waals surface area contributed by atoms with Gasteiger partial charge < -0.3 is 15.8 Å². The third-order valence-electron chi connectivity index (χ3n) is 3.96. The third-order valence-corrected chi connectivity index (χ3v) is 5.05. The van der Waals surface area contributed by atoms with Crippen molar-refractivity contribution in [1.29, 1.82) is 0 Å². The fourth-order valence-corrected chi connectivity index (χ4v) is 3.60. The quantitative estimate of drug-likeness (QED) is 0.492. The summed E-state index contributed by atoms with van der Waals surface area (Å²) in [6, 6.07) is 21.9. The van der Waals surface area contributed by atoms with Crippen molar-refractivity contribution < 1.29 is 4.74 Å². The summed E-state index contributed by atoms with van der Waals surface area (Å²) in [6.45, 7) is 0. The van der Waals surface area contributed by atoms with Gasteiger partial charge in [0.1, 0.15) is 10.8 Å². The van der Waals surface area contributed by atoms with E-state index >= 15 is 0 Å². The molecule has 0 spiro atoms. The molecule has 3 aromatic carbocycles. The maximum absolute atomic E-state index is 6.25. The van der Waals surface area contributed by atoms with E-state index in [1.165, 1.54) is 4.70 Å². The van der Waals surface area contributed by atoms with E-state index in [2.05, 4.69) is 16.4 Å². The first-order valence-corrected chi connectivity index (χ1v) is 8.71. The molecule has 25 heavy (non-hydrogen) atoms. The molecule has 0 unspecified atom stereocenters. The minimum atomic E-state index is 0.688. The molecule has 0 aliphatic rings. The number of anilines is 3. The molecule has 4 rings (SSSR count). The van der Waals surface area contributed by atoms with Gasteiger partial charge in [0.15, 0.2) is 0 Å².